The molecule has 134 valence electrons. The van der Waals surface area contributed by atoms with E-state index in [9.17, 15) is 4.79 Å². The van der Waals surface area contributed by atoms with E-state index in [4.69, 9.17) is 0 Å². The maximum atomic E-state index is 12.6. The summed E-state index contributed by atoms with van der Waals surface area (Å²) in [5.74, 6) is -0.0806. The number of hydrogen-bond acceptors (Lipinski definition) is 3. The van der Waals surface area contributed by atoms with Gasteiger partial charge in [0.2, 0.25) is 0 Å². The van der Waals surface area contributed by atoms with Crippen LogP contribution in [0.4, 0.5) is 0 Å². The number of hydrogen-bond donors (Lipinski definition) is 1. The molecule has 0 aliphatic heterocycles. The number of nitrogens with one attached hydrogen (secondary N) is 1. The molecule has 3 aromatic carbocycles. The normalized spacial score (nSPS) is 12.0. The minimum Gasteiger partial charge on any atom is -0.346 e. The van der Waals surface area contributed by atoms with Crippen LogP contribution in [0, 0.1) is 0 Å². The zero-order valence-corrected chi connectivity index (χ0v) is 15.0. The van der Waals surface area contributed by atoms with E-state index < -0.39 is 0 Å². The second-order valence-electron chi connectivity index (χ2n) is 6.59. The van der Waals surface area contributed by atoms with E-state index in [-0.39, 0.29) is 11.9 Å². The van der Waals surface area contributed by atoms with E-state index in [1.165, 1.54) is 17.1 Å². The summed E-state index contributed by atoms with van der Waals surface area (Å²) in [4.78, 5) is 16.5. The molecule has 5 nitrogen and oxygen atoms in total. The van der Waals surface area contributed by atoms with Crippen molar-refractivity contribution in [2.45, 2.75) is 19.5 Å². The van der Waals surface area contributed by atoms with Crippen LogP contribution in [0.2, 0.25) is 0 Å². The molecule has 5 heteroatoms. The third kappa shape index (κ3) is 3.87. The quantitative estimate of drug-likeness (QED) is 0.589. The van der Waals surface area contributed by atoms with Crippen LogP contribution in [0.5, 0.6) is 0 Å². The Hall–Kier alpha value is -3.47. The lowest BCUT2D eigenvalue weighted by Gasteiger charge is -2.15. The van der Waals surface area contributed by atoms with Crippen molar-refractivity contribution in [2.24, 2.45) is 0 Å². The molecule has 0 saturated carbocycles. The van der Waals surface area contributed by atoms with Gasteiger partial charge >= 0.3 is 0 Å². The summed E-state index contributed by atoms with van der Waals surface area (Å²) in [6.07, 6.45) is 3.18. The average Bonchev–Trinajstić information content (AvgIpc) is 3.21. The smallest absolute Gasteiger partial charge is 0.251 e. The molecule has 1 N–H and O–H groups in total. The molecular weight excluding hydrogens is 336 g/mol. The highest BCUT2D eigenvalue weighted by molar-refractivity contribution is 5.94. The minimum absolute atomic E-state index is 0.0723. The van der Waals surface area contributed by atoms with Crippen LogP contribution in [-0.2, 0) is 6.54 Å². The number of aromatic nitrogens is 3. The molecule has 0 unspecified atom stereocenters. The van der Waals surface area contributed by atoms with Crippen LogP contribution in [-0.4, -0.2) is 20.7 Å². The summed E-state index contributed by atoms with van der Waals surface area (Å²) in [6.45, 7) is 2.64. The highest BCUT2D eigenvalue weighted by atomic mass is 16.1. The summed E-state index contributed by atoms with van der Waals surface area (Å²) in [5.41, 5.74) is 2.80. The fourth-order valence-corrected chi connectivity index (χ4v) is 3.10. The predicted octanol–water partition coefficient (Wildman–Crippen LogP) is 3.97. The second-order valence-corrected chi connectivity index (χ2v) is 6.59. The third-order valence-electron chi connectivity index (χ3n) is 4.65. The van der Waals surface area contributed by atoms with Crippen LogP contribution < -0.4 is 5.32 Å². The summed E-state index contributed by atoms with van der Waals surface area (Å²) in [6, 6.07) is 22.0. The predicted molar refractivity (Wildman–Crippen MR) is 105 cm³/mol. The molecule has 27 heavy (non-hydrogen) atoms. The van der Waals surface area contributed by atoms with Gasteiger partial charge in [-0.3, -0.25) is 4.79 Å². The van der Waals surface area contributed by atoms with Crippen molar-refractivity contribution in [1.82, 2.24) is 20.1 Å². The molecule has 0 aliphatic rings. The van der Waals surface area contributed by atoms with Gasteiger partial charge in [0.05, 0.1) is 12.6 Å². The van der Waals surface area contributed by atoms with Crippen LogP contribution in [0.25, 0.3) is 10.8 Å². The van der Waals surface area contributed by atoms with E-state index in [0.29, 0.717) is 12.1 Å². The Kier molecular flexibility index (Phi) is 4.66. The molecule has 0 saturated heterocycles. The molecule has 4 rings (SSSR count). The first-order valence-electron chi connectivity index (χ1n) is 8.90. The molecule has 0 bridgehead atoms. The maximum Gasteiger partial charge on any atom is 0.251 e. The second kappa shape index (κ2) is 7.41. The van der Waals surface area contributed by atoms with Crippen LogP contribution in [0.1, 0.15) is 34.5 Å². The molecule has 0 spiro atoms. The Morgan fingerprint density at radius 2 is 1.81 bits per heavy atom. The molecule has 1 atom stereocenters. The first-order valence-corrected chi connectivity index (χ1v) is 8.90. The molecule has 1 heterocycles. The summed E-state index contributed by atoms with van der Waals surface area (Å²) in [7, 11) is 0. The van der Waals surface area contributed by atoms with Gasteiger partial charge in [-0.15, -0.1) is 0 Å². The molecule has 0 fully saturated rings. The Balaban J connectivity index is 1.44. The van der Waals surface area contributed by atoms with Crippen molar-refractivity contribution in [3.63, 3.8) is 0 Å². The first-order chi connectivity index (χ1) is 13.2. The zero-order chi connectivity index (χ0) is 18.6. The molecule has 1 aromatic heterocycles. The van der Waals surface area contributed by atoms with E-state index in [1.54, 1.807) is 11.0 Å². The maximum absolute atomic E-state index is 12.6. The van der Waals surface area contributed by atoms with Gasteiger partial charge in [-0.05, 0) is 47.0 Å². The Bertz CT molecular complexity index is 1060. The SMILES string of the molecule is C[C@H](NC(=O)c1ccc(Cn2cncn2)cc1)c1ccc2ccccc2c1. The average molecular weight is 356 g/mol. The van der Waals surface area contributed by atoms with Gasteiger partial charge in [0.15, 0.2) is 0 Å². The van der Waals surface area contributed by atoms with Gasteiger partial charge in [-0.1, -0.05) is 48.5 Å². The van der Waals surface area contributed by atoms with E-state index in [0.717, 1.165) is 11.1 Å². The number of nitrogens with zero attached hydrogens (tertiary/aromatic N) is 3. The standard InChI is InChI=1S/C22H20N4O/c1-16(20-11-10-18-4-2-3-5-21(18)12-20)25-22(27)19-8-6-17(7-9-19)13-26-15-23-14-24-26/h2-12,14-16H,13H2,1H3,(H,25,27)/t16-/m0/s1. The molecule has 0 radical (unpaired) electrons. The van der Waals surface area contributed by atoms with Gasteiger partial charge in [0.25, 0.3) is 5.91 Å². The Morgan fingerprint density at radius 1 is 1.04 bits per heavy atom. The summed E-state index contributed by atoms with van der Waals surface area (Å²) < 4.78 is 1.75. The topological polar surface area (TPSA) is 59.8 Å². The molecule has 0 aliphatic carbocycles. The van der Waals surface area contributed by atoms with Crippen LogP contribution >= 0.6 is 0 Å². The largest absolute Gasteiger partial charge is 0.346 e. The molecule has 4 aromatic rings. The fraction of sp³-hybridized carbons (Fsp3) is 0.136. The minimum atomic E-state index is -0.0806. The lowest BCUT2D eigenvalue weighted by Crippen LogP contribution is -2.26. The third-order valence-corrected chi connectivity index (χ3v) is 4.65. The van der Waals surface area contributed by atoms with Crippen LogP contribution in [0.3, 0.4) is 0 Å². The number of benzene rings is 3. The highest BCUT2D eigenvalue weighted by Crippen LogP contribution is 2.20. The van der Waals surface area contributed by atoms with E-state index >= 15 is 0 Å². The van der Waals surface area contributed by atoms with Gasteiger partial charge in [0, 0.05) is 5.56 Å². The lowest BCUT2D eigenvalue weighted by molar-refractivity contribution is 0.0940. The van der Waals surface area contributed by atoms with Crippen molar-refractivity contribution in [3.05, 3.63) is 96.1 Å². The van der Waals surface area contributed by atoms with E-state index in [1.807, 2.05) is 43.3 Å². The monoisotopic (exact) mass is 356 g/mol. The fourth-order valence-electron chi connectivity index (χ4n) is 3.10. The van der Waals surface area contributed by atoms with Crippen molar-refractivity contribution in [1.29, 1.82) is 0 Å². The summed E-state index contributed by atoms with van der Waals surface area (Å²) in [5, 5.41) is 9.54. The van der Waals surface area contributed by atoms with Gasteiger partial charge in [-0.2, -0.15) is 5.10 Å². The van der Waals surface area contributed by atoms with Gasteiger partial charge in [-0.25, -0.2) is 9.67 Å². The highest BCUT2D eigenvalue weighted by Gasteiger charge is 2.12. The number of rotatable bonds is 5. The Morgan fingerprint density at radius 3 is 2.56 bits per heavy atom. The number of carbonyl (C=O) groups excluding carboxylic acids is 1. The van der Waals surface area contributed by atoms with E-state index in [2.05, 4.69) is 45.7 Å². The Labute approximate surface area is 157 Å². The van der Waals surface area contributed by atoms with Gasteiger partial charge < -0.3 is 5.32 Å². The zero-order valence-electron chi connectivity index (χ0n) is 15.0. The van der Waals surface area contributed by atoms with Crippen molar-refractivity contribution < 1.29 is 4.79 Å². The number of amides is 1. The number of carbonyl (C=O) groups is 1. The van der Waals surface area contributed by atoms with Crippen molar-refractivity contribution >= 4 is 16.7 Å². The number of fused-ring (bicyclic) bond motifs is 1. The van der Waals surface area contributed by atoms with Crippen LogP contribution in [0.15, 0.2) is 79.4 Å². The molecular formula is C22H20N4O. The summed E-state index contributed by atoms with van der Waals surface area (Å²) >= 11 is 0. The molecule has 1 amide bonds. The first kappa shape index (κ1) is 17.0. The lowest BCUT2D eigenvalue weighted by atomic mass is 10.0. The van der Waals surface area contributed by atoms with Crippen molar-refractivity contribution in [2.75, 3.05) is 0 Å². The van der Waals surface area contributed by atoms with Gasteiger partial charge in [0.1, 0.15) is 12.7 Å². The van der Waals surface area contributed by atoms with Crippen molar-refractivity contribution in [3.8, 4) is 0 Å².